The molecule has 1 saturated heterocycles. The van der Waals surface area contributed by atoms with Gasteiger partial charge < -0.3 is 19.9 Å². The number of hydrogen-bond donors (Lipinski definition) is 2. The molecule has 0 aliphatic carbocycles. The number of nitrogens with one attached hydrogen (secondary N) is 1. The zero-order valence-electron chi connectivity index (χ0n) is 11.0. The van der Waals surface area contributed by atoms with Gasteiger partial charge in [-0.15, -0.1) is 0 Å². The van der Waals surface area contributed by atoms with E-state index in [1.54, 1.807) is 14.2 Å². The van der Waals surface area contributed by atoms with Crippen LogP contribution in [0.3, 0.4) is 0 Å². The van der Waals surface area contributed by atoms with Gasteiger partial charge in [0, 0.05) is 12.0 Å². The van der Waals surface area contributed by atoms with E-state index in [0.717, 1.165) is 30.9 Å². The topological polar surface area (TPSA) is 50.7 Å². The van der Waals surface area contributed by atoms with Crippen molar-refractivity contribution in [2.45, 2.75) is 24.8 Å². The third-order valence-corrected chi connectivity index (χ3v) is 3.62. The van der Waals surface area contributed by atoms with Crippen molar-refractivity contribution in [3.63, 3.8) is 0 Å². The van der Waals surface area contributed by atoms with Crippen LogP contribution in [0.4, 0.5) is 0 Å². The number of hydrogen-bond acceptors (Lipinski definition) is 4. The Labute approximate surface area is 108 Å². The average Bonchev–Trinajstić information content (AvgIpc) is 2.46. The van der Waals surface area contributed by atoms with Crippen LogP contribution in [0.1, 0.15) is 24.3 Å². The van der Waals surface area contributed by atoms with E-state index in [4.69, 9.17) is 9.47 Å². The molecule has 0 spiro atoms. The van der Waals surface area contributed by atoms with E-state index in [0.29, 0.717) is 5.92 Å². The molecule has 2 N–H and O–H groups in total. The summed E-state index contributed by atoms with van der Waals surface area (Å²) in [7, 11) is 3.28. The molecule has 4 nitrogen and oxygen atoms in total. The molecule has 2 atom stereocenters. The van der Waals surface area contributed by atoms with Crippen molar-refractivity contribution in [2.75, 3.05) is 27.4 Å². The van der Waals surface area contributed by atoms with Crippen LogP contribution in [0.5, 0.6) is 11.5 Å². The van der Waals surface area contributed by atoms with Gasteiger partial charge in [-0.25, -0.2) is 0 Å². The summed E-state index contributed by atoms with van der Waals surface area (Å²) < 4.78 is 10.6. The van der Waals surface area contributed by atoms with Gasteiger partial charge in [-0.1, -0.05) is 6.07 Å². The second-order valence-electron chi connectivity index (χ2n) is 4.61. The van der Waals surface area contributed by atoms with Gasteiger partial charge in [0.15, 0.2) is 11.5 Å². The zero-order valence-corrected chi connectivity index (χ0v) is 11.0. The Kier molecular flexibility index (Phi) is 4.44. The lowest BCUT2D eigenvalue weighted by Gasteiger charge is -2.32. The van der Waals surface area contributed by atoms with E-state index >= 15 is 0 Å². The van der Waals surface area contributed by atoms with Crippen LogP contribution in [0.2, 0.25) is 0 Å². The van der Waals surface area contributed by atoms with E-state index in [2.05, 4.69) is 11.4 Å². The molecule has 0 bridgehead atoms. The highest BCUT2D eigenvalue weighted by molar-refractivity contribution is 5.44. The summed E-state index contributed by atoms with van der Waals surface area (Å²) in [6.45, 7) is 1.15. The Bertz CT molecular complexity index is 395. The Morgan fingerprint density at radius 3 is 2.72 bits per heavy atom. The Balaban J connectivity index is 2.26. The van der Waals surface area contributed by atoms with Gasteiger partial charge in [0.1, 0.15) is 0 Å². The first-order chi connectivity index (χ1) is 8.80. The average molecular weight is 251 g/mol. The molecular formula is C14H21NO3. The largest absolute Gasteiger partial charge is 0.493 e. The molecule has 2 rings (SSSR count). The molecule has 100 valence electrons. The number of aliphatic hydroxyl groups excluding tert-OH is 1. The van der Waals surface area contributed by atoms with Crippen LogP contribution < -0.4 is 14.8 Å². The van der Waals surface area contributed by atoms with Gasteiger partial charge >= 0.3 is 0 Å². The van der Waals surface area contributed by atoms with Crippen molar-refractivity contribution < 1.29 is 14.6 Å². The van der Waals surface area contributed by atoms with E-state index in [-0.39, 0.29) is 12.6 Å². The van der Waals surface area contributed by atoms with Crippen molar-refractivity contribution in [3.05, 3.63) is 23.8 Å². The number of rotatable bonds is 4. The van der Waals surface area contributed by atoms with Gasteiger partial charge in [0.25, 0.3) is 0 Å². The number of methoxy groups -OCH3 is 2. The predicted octanol–water partition coefficient (Wildman–Crippen LogP) is 1.53. The summed E-state index contributed by atoms with van der Waals surface area (Å²) in [5.41, 5.74) is 1.19. The SMILES string of the molecule is COc1ccc(C2CCCNC2CO)cc1OC. The molecule has 4 heteroatoms. The fourth-order valence-electron chi connectivity index (χ4n) is 2.63. The maximum absolute atomic E-state index is 9.43. The molecule has 0 radical (unpaired) electrons. The Hall–Kier alpha value is -1.26. The van der Waals surface area contributed by atoms with E-state index < -0.39 is 0 Å². The molecule has 1 heterocycles. The molecule has 1 fully saturated rings. The van der Waals surface area contributed by atoms with Crippen molar-refractivity contribution in [3.8, 4) is 11.5 Å². The van der Waals surface area contributed by atoms with Crippen LogP contribution in [0.15, 0.2) is 18.2 Å². The molecule has 0 saturated carbocycles. The molecule has 0 amide bonds. The number of benzene rings is 1. The van der Waals surface area contributed by atoms with E-state index in [1.165, 1.54) is 5.56 Å². The zero-order chi connectivity index (χ0) is 13.0. The summed E-state index contributed by atoms with van der Waals surface area (Å²) >= 11 is 0. The molecule has 1 aliphatic heterocycles. The van der Waals surface area contributed by atoms with Gasteiger partial charge in [-0.05, 0) is 37.1 Å². The highest BCUT2D eigenvalue weighted by Gasteiger charge is 2.26. The normalized spacial score (nSPS) is 23.7. The minimum Gasteiger partial charge on any atom is -0.493 e. The predicted molar refractivity (Wildman–Crippen MR) is 70.4 cm³/mol. The molecular weight excluding hydrogens is 230 g/mol. The fourth-order valence-corrected chi connectivity index (χ4v) is 2.63. The maximum Gasteiger partial charge on any atom is 0.160 e. The van der Waals surface area contributed by atoms with Crippen LogP contribution >= 0.6 is 0 Å². The maximum atomic E-state index is 9.43. The fraction of sp³-hybridized carbons (Fsp3) is 0.571. The van der Waals surface area contributed by atoms with Crippen molar-refractivity contribution >= 4 is 0 Å². The molecule has 1 aliphatic rings. The second-order valence-corrected chi connectivity index (χ2v) is 4.61. The van der Waals surface area contributed by atoms with Gasteiger partial charge in [0.05, 0.1) is 20.8 Å². The monoisotopic (exact) mass is 251 g/mol. The Morgan fingerprint density at radius 1 is 1.28 bits per heavy atom. The smallest absolute Gasteiger partial charge is 0.160 e. The minimum atomic E-state index is 0.136. The third-order valence-electron chi connectivity index (χ3n) is 3.62. The van der Waals surface area contributed by atoms with Crippen LogP contribution in [-0.4, -0.2) is 38.5 Å². The quantitative estimate of drug-likeness (QED) is 0.852. The molecule has 1 aromatic carbocycles. The molecule has 2 unspecified atom stereocenters. The molecule has 1 aromatic rings. The lowest BCUT2D eigenvalue weighted by Crippen LogP contribution is -2.42. The Morgan fingerprint density at radius 2 is 2.06 bits per heavy atom. The molecule has 0 aromatic heterocycles. The van der Waals surface area contributed by atoms with Crippen LogP contribution in [0, 0.1) is 0 Å². The number of aliphatic hydroxyl groups is 1. The highest BCUT2D eigenvalue weighted by Crippen LogP contribution is 2.34. The lowest BCUT2D eigenvalue weighted by molar-refractivity contribution is 0.201. The van der Waals surface area contributed by atoms with Crippen molar-refractivity contribution in [1.82, 2.24) is 5.32 Å². The van der Waals surface area contributed by atoms with Gasteiger partial charge in [-0.3, -0.25) is 0 Å². The summed E-state index contributed by atoms with van der Waals surface area (Å²) in [5.74, 6) is 1.83. The third kappa shape index (κ3) is 2.60. The van der Waals surface area contributed by atoms with E-state index in [9.17, 15) is 5.11 Å². The minimum absolute atomic E-state index is 0.136. The van der Waals surface area contributed by atoms with Crippen LogP contribution in [0.25, 0.3) is 0 Å². The first kappa shape index (κ1) is 13.2. The van der Waals surface area contributed by atoms with Crippen molar-refractivity contribution in [1.29, 1.82) is 0 Å². The van der Waals surface area contributed by atoms with Crippen LogP contribution in [-0.2, 0) is 0 Å². The number of piperidine rings is 1. The summed E-state index contributed by atoms with van der Waals surface area (Å²) in [6, 6.07) is 6.13. The van der Waals surface area contributed by atoms with Crippen molar-refractivity contribution in [2.24, 2.45) is 0 Å². The highest BCUT2D eigenvalue weighted by atomic mass is 16.5. The first-order valence-electron chi connectivity index (χ1n) is 6.36. The summed E-state index contributed by atoms with van der Waals surface area (Å²) in [6.07, 6.45) is 2.23. The van der Waals surface area contributed by atoms with E-state index in [1.807, 2.05) is 12.1 Å². The van der Waals surface area contributed by atoms with Gasteiger partial charge in [-0.2, -0.15) is 0 Å². The standard InChI is InChI=1S/C14H21NO3/c1-17-13-6-5-10(8-14(13)18-2)11-4-3-7-15-12(11)9-16/h5-6,8,11-12,15-16H,3-4,7,9H2,1-2H3. The lowest BCUT2D eigenvalue weighted by atomic mass is 9.85. The summed E-state index contributed by atoms with van der Waals surface area (Å²) in [5, 5.41) is 12.8. The van der Waals surface area contributed by atoms with Gasteiger partial charge in [0.2, 0.25) is 0 Å². The molecule has 18 heavy (non-hydrogen) atoms. The summed E-state index contributed by atoms with van der Waals surface area (Å²) in [4.78, 5) is 0. The first-order valence-corrected chi connectivity index (χ1v) is 6.36. The number of ether oxygens (including phenoxy) is 2. The second kappa shape index (κ2) is 6.07.